The first-order chi connectivity index (χ1) is 7.31. The minimum Gasteiger partial charge on any atom is -0.409 e. The Morgan fingerprint density at radius 2 is 2.06 bits per heavy atom. The topological polar surface area (TPSA) is 73.9 Å². The zero-order valence-corrected chi connectivity index (χ0v) is 11.1. The summed E-state index contributed by atoms with van der Waals surface area (Å²) < 4.78 is 0. The number of rotatable bonds is 7. The van der Waals surface area contributed by atoms with Gasteiger partial charge in [-0.05, 0) is 34.0 Å². The predicted molar refractivity (Wildman–Crippen MR) is 67.8 cm³/mol. The highest BCUT2D eigenvalue weighted by Crippen LogP contribution is 2.19. The van der Waals surface area contributed by atoms with Crippen LogP contribution < -0.4 is 11.1 Å². The van der Waals surface area contributed by atoms with E-state index in [4.69, 9.17) is 10.9 Å². The first-order valence-corrected chi connectivity index (χ1v) is 5.66. The average molecular weight is 230 g/mol. The number of amidine groups is 1. The van der Waals surface area contributed by atoms with Gasteiger partial charge in [0.2, 0.25) is 0 Å². The molecule has 0 rings (SSSR count). The summed E-state index contributed by atoms with van der Waals surface area (Å²) >= 11 is 0. The third kappa shape index (κ3) is 5.32. The molecule has 0 spiro atoms. The standard InChI is InChI=1S/C11H26N4O/c1-9(15(4)5)8-13-7-6-11(2,3)10(12)14-16/h9,13,16H,6-8H2,1-5H3,(H2,12,14). The quantitative estimate of drug-likeness (QED) is 0.198. The van der Waals surface area contributed by atoms with Crippen molar-refractivity contribution in [2.45, 2.75) is 33.2 Å². The molecule has 0 aromatic carbocycles. The molecule has 16 heavy (non-hydrogen) atoms. The summed E-state index contributed by atoms with van der Waals surface area (Å²) in [6, 6.07) is 0.506. The second-order valence-electron chi connectivity index (χ2n) is 5.14. The fourth-order valence-corrected chi connectivity index (χ4v) is 1.16. The third-order valence-electron chi connectivity index (χ3n) is 3.05. The van der Waals surface area contributed by atoms with Crippen molar-refractivity contribution < 1.29 is 5.21 Å². The van der Waals surface area contributed by atoms with E-state index >= 15 is 0 Å². The van der Waals surface area contributed by atoms with Crippen LogP contribution in [0.25, 0.3) is 0 Å². The van der Waals surface area contributed by atoms with Crippen LogP contribution in [0.2, 0.25) is 0 Å². The summed E-state index contributed by atoms with van der Waals surface area (Å²) in [6.45, 7) is 7.92. The van der Waals surface area contributed by atoms with E-state index in [1.54, 1.807) is 0 Å². The molecule has 0 aromatic heterocycles. The van der Waals surface area contributed by atoms with Gasteiger partial charge in [0.1, 0.15) is 5.84 Å². The summed E-state index contributed by atoms with van der Waals surface area (Å²) in [4.78, 5) is 2.17. The summed E-state index contributed by atoms with van der Waals surface area (Å²) in [6.07, 6.45) is 0.850. The van der Waals surface area contributed by atoms with Gasteiger partial charge in [0.25, 0.3) is 0 Å². The van der Waals surface area contributed by atoms with Crippen LogP contribution in [0.3, 0.4) is 0 Å². The van der Waals surface area contributed by atoms with Gasteiger partial charge in [0.05, 0.1) is 0 Å². The number of hydrogen-bond acceptors (Lipinski definition) is 4. The van der Waals surface area contributed by atoms with E-state index in [2.05, 4.69) is 36.4 Å². The number of hydrogen-bond donors (Lipinski definition) is 3. The van der Waals surface area contributed by atoms with Crippen LogP contribution in [0, 0.1) is 5.41 Å². The molecule has 0 bridgehead atoms. The van der Waals surface area contributed by atoms with Gasteiger partial charge in [-0.15, -0.1) is 0 Å². The second-order valence-corrected chi connectivity index (χ2v) is 5.14. The number of likely N-dealkylation sites (N-methyl/N-ethyl adjacent to an activating group) is 1. The lowest BCUT2D eigenvalue weighted by Gasteiger charge is -2.24. The molecule has 0 aliphatic rings. The number of nitrogens with two attached hydrogens (primary N) is 1. The Morgan fingerprint density at radius 3 is 2.50 bits per heavy atom. The summed E-state index contributed by atoms with van der Waals surface area (Å²) in [7, 11) is 4.12. The molecule has 0 amide bonds. The summed E-state index contributed by atoms with van der Waals surface area (Å²) in [5.41, 5.74) is 5.34. The number of nitrogens with one attached hydrogen (secondary N) is 1. The second kappa shape index (κ2) is 6.70. The number of nitrogens with zero attached hydrogens (tertiary/aromatic N) is 2. The maximum Gasteiger partial charge on any atom is 0.144 e. The van der Waals surface area contributed by atoms with Gasteiger partial charge < -0.3 is 21.2 Å². The molecule has 0 fully saturated rings. The van der Waals surface area contributed by atoms with Gasteiger partial charge in [-0.2, -0.15) is 0 Å². The molecule has 0 aliphatic heterocycles. The number of oxime groups is 1. The maximum absolute atomic E-state index is 8.62. The lowest BCUT2D eigenvalue weighted by molar-refractivity contribution is 0.293. The van der Waals surface area contributed by atoms with E-state index in [9.17, 15) is 0 Å². The zero-order valence-electron chi connectivity index (χ0n) is 11.1. The molecule has 0 aromatic rings. The lowest BCUT2D eigenvalue weighted by atomic mass is 9.88. The first kappa shape index (κ1) is 15.2. The van der Waals surface area contributed by atoms with Crippen molar-refractivity contribution in [1.29, 1.82) is 0 Å². The summed E-state index contributed by atoms with van der Waals surface area (Å²) in [5, 5.41) is 15.1. The molecule has 0 radical (unpaired) electrons. The average Bonchev–Trinajstić information content (AvgIpc) is 2.22. The van der Waals surface area contributed by atoms with Crippen LogP contribution in [0.4, 0.5) is 0 Å². The zero-order chi connectivity index (χ0) is 12.8. The van der Waals surface area contributed by atoms with E-state index in [0.29, 0.717) is 6.04 Å². The SMILES string of the molecule is CC(CNCCC(C)(C)C(N)=NO)N(C)C. The van der Waals surface area contributed by atoms with E-state index < -0.39 is 0 Å². The van der Waals surface area contributed by atoms with Crippen molar-refractivity contribution in [2.75, 3.05) is 27.2 Å². The molecule has 96 valence electrons. The smallest absolute Gasteiger partial charge is 0.144 e. The normalized spacial score (nSPS) is 15.5. The van der Waals surface area contributed by atoms with E-state index in [1.807, 2.05) is 13.8 Å². The molecule has 0 saturated carbocycles. The Kier molecular flexibility index (Phi) is 6.36. The Bertz CT molecular complexity index is 226. The van der Waals surface area contributed by atoms with Crippen molar-refractivity contribution in [3.8, 4) is 0 Å². The van der Waals surface area contributed by atoms with Gasteiger partial charge in [-0.3, -0.25) is 0 Å². The Labute approximate surface area is 98.7 Å². The van der Waals surface area contributed by atoms with Crippen LogP contribution in [-0.2, 0) is 0 Å². The molecule has 1 unspecified atom stereocenters. The minimum absolute atomic E-state index is 0.261. The van der Waals surface area contributed by atoms with Crippen molar-refractivity contribution in [2.24, 2.45) is 16.3 Å². The lowest BCUT2D eigenvalue weighted by Crippen LogP contribution is -2.39. The van der Waals surface area contributed by atoms with E-state index in [-0.39, 0.29) is 11.3 Å². The third-order valence-corrected chi connectivity index (χ3v) is 3.05. The molecule has 5 nitrogen and oxygen atoms in total. The fourth-order valence-electron chi connectivity index (χ4n) is 1.16. The van der Waals surface area contributed by atoms with Crippen molar-refractivity contribution >= 4 is 5.84 Å². The molecule has 0 aliphatic carbocycles. The minimum atomic E-state index is -0.261. The maximum atomic E-state index is 8.62. The molecule has 4 N–H and O–H groups in total. The molecule has 0 saturated heterocycles. The highest BCUT2D eigenvalue weighted by atomic mass is 16.4. The molecule has 5 heteroatoms. The summed E-state index contributed by atoms with van der Waals surface area (Å²) in [5.74, 6) is 0.287. The van der Waals surface area contributed by atoms with E-state index in [1.165, 1.54) is 0 Å². The fraction of sp³-hybridized carbons (Fsp3) is 0.909. The molecule has 1 atom stereocenters. The molecule has 0 heterocycles. The Morgan fingerprint density at radius 1 is 1.50 bits per heavy atom. The van der Waals surface area contributed by atoms with Crippen LogP contribution in [0.5, 0.6) is 0 Å². The van der Waals surface area contributed by atoms with Crippen LogP contribution >= 0.6 is 0 Å². The Hall–Kier alpha value is -0.810. The highest BCUT2D eigenvalue weighted by Gasteiger charge is 2.22. The van der Waals surface area contributed by atoms with Crippen molar-refractivity contribution in [1.82, 2.24) is 10.2 Å². The monoisotopic (exact) mass is 230 g/mol. The van der Waals surface area contributed by atoms with Gasteiger partial charge in [-0.25, -0.2) is 0 Å². The highest BCUT2D eigenvalue weighted by molar-refractivity contribution is 5.85. The van der Waals surface area contributed by atoms with Crippen molar-refractivity contribution in [3.05, 3.63) is 0 Å². The van der Waals surface area contributed by atoms with Gasteiger partial charge >= 0.3 is 0 Å². The van der Waals surface area contributed by atoms with Crippen LogP contribution in [-0.4, -0.2) is 49.2 Å². The van der Waals surface area contributed by atoms with Crippen molar-refractivity contribution in [3.63, 3.8) is 0 Å². The molecular formula is C11H26N4O. The largest absolute Gasteiger partial charge is 0.409 e. The first-order valence-electron chi connectivity index (χ1n) is 5.66. The van der Waals surface area contributed by atoms with Gasteiger partial charge in [0.15, 0.2) is 0 Å². The van der Waals surface area contributed by atoms with Crippen LogP contribution in [0.1, 0.15) is 27.2 Å². The van der Waals surface area contributed by atoms with Gasteiger partial charge in [0, 0.05) is 18.0 Å². The molecular weight excluding hydrogens is 204 g/mol. The van der Waals surface area contributed by atoms with E-state index in [0.717, 1.165) is 19.5 Å². The van der Waals surface area contributed by atoms with Gasteiger partial charge in [-0.1, -0.05) is 19.0 Å². The Balaban J connectivity index is 3.82. The van der Waals surface area contributed by atoms with Crippen LogP contribution in [0.15, 0.2) is 5.16 Å². The predicted octanol–water partition coefficient (Wildman–Crippen LogP) is 0.689.